The number of amides is 1. The third kappa shape index (κ3) is 16.0. The minimum Gasteiger partial charge on any atom is -0.383 e. The van der Waals surface area contributed by atoms with E-state index in [1.165, 1.54) is 0 Å². The van der Waals surface area contributed by atoms with Crippen molar-refractivity contribution in [1.29, 1.82) is 0 Å². The van der Waals surface area contributed by atoms with E-state index in [1.807, 2.05) is 14.1 Å². The standard InChI is InChI=1S/C13H29N3O2.2ClH/c1-11(2)8-12(10-16(3)4)15-13(17)9-14-6-7-18-5;;/h11-12,14H,6-10H2,1-5H3,(H,15,17);2*1H. The molecule has 0 heterocycles. The fourth-order valence-electron chi connectivity index (χ4n) is 1.84. The Bertz CT molecular complexity index is 220. The Hall–Kier alpha value is -0.0700. The first-order valence-electron chi connectivity index (χ1n) is 6.59. The van der Waals surface area contributed by atoms with E-state index < -0.39 is 0 Å². The summed E-state index contributed by atoms with van der Waals surface area (Å²) in [4.78, 5) is 13.8. The van der Waals surface area contributed by atoms with Gasteiger partial charge < -0.3 is 20.3 Å². The van der Waals surface area contributed by atoms with Crippen LogP contribution in [0, 0.1) is 5.92 Å². The van der Waals surface area contributed by atoms with Gasteiger partial charge in [0.25, 0.3) is 0 Å². The van der Waals surface area contributed by atoms with Crippen LogP contribution >= 0.6 is 24.8 Å². The lowest BCUT2D eigenvalue weighted by Gasteiger charge is -2.24. The molecule has 0 saturated heterocycles. The van der Waals surface area contributed by atoms with E-state index in [0.717, 1.165) is 13.0 Å². The second-order valence-corrected chi connectivity index (χ2v) is 5.33. The molecule has 0 rings (SSSR count). The highest BCUT2D eigenvalue weighted by atomic mass is 35.5. The Labute approximate surface area is 136 Å². The number of nitrogens with zero attached hydrogens (tertiary/aromatic N) is 1. The molecule has 1 amide bonds. The summed E-state index contributed by atoms with van der Waals surface area (Å²) in [5.74, 6) is 0.635. The van der Waals surface area contributed by atoms with Crippen molar-refractivity contribution in [2.45, 2.75) is 26.3 Å². The SMILES string of the molecule is COCCNCC(=O)NC(CC(C)C)CN(C)C.Cl.Cl. The number of carbonyl (C=O) groups is 1. The predicted octanol–water partition coefficient (Wildman–Crippen LogP) is 1.16. The summed E-state index contributed by atoms with van der Waals surface area (Å²) in [6.07, 6.45) is 1.00. The quantitative estimate of drug-likeness (QED) is 0.590. The van der Waals surface area contributed by atoms with Gasteiger partial charge in [0, 0.05) is 26.2 Å². The smallest absolute Gasteiger partial charge is 0.234 e. The molecule has 0 saturated carbocycles. The molecule has 5 nitrogen and oxygen atoms in total. The van der Waals surface area contributed by atoms with E-state index >= 15 is 0 Å². The summed E-state index contributed by atoms with van der Waals surface area (Å²) in [5, 5.41) is 6.12. The molecule has 0 bridgehead atoms. The lowest BCUT2D eigenvalue weighted by molar-refractivity contribution is -0.121. The fraction of sp³-hybridized carbons (Fsp3) is 0.923. The van der Waals surface area contributed by atoms with Gasteiger partial charge in [0.15, 0.2) is 0 Å². The molecule has 0 aromatic heterocycles. The van der Waals surface area contributed by atoms with Gasteiger partial charge in [-0.1, -0.05) is 13.8 Å². The second kappa shape index (κ2) is 15.3. The van der Waals surface area contributed by atoms with Crippen LogP contribution in [0.25, 0.3) is 0 Å². The molecule has 0 spiro atoms. The lowest BCUT2D eigenvalue weighted by Crippen LogP contribution is -2.46. The molecular weight excluding hydrogens is 301 g/mol. The summed E-state index contributed by atoms with van der Waals surface area (Å²) in [7, 11) is 5.70. The summed E-state index contributed by atoms with van der Waals surface area (Å²) in [6, 6.07) is 0.219. The van der Waals surface area contributed by atoms with Crippen molar-refractivity contribution in [2.75, 3.05) is 47.4 Å². The van der Waals surface area contributed by atoms with E-state index in [4.69, 9.17) is 4.74 Å². The molecule has 1 unspecified atom stereocenters. The highest BCUT2D eigenvalue weighted by molar-refractivity contribution is 5.85. The van der Waals surface area contributed by atoms with E-state index in [2.05, 4.69) is 29.4 Å². The van der Waals surface area contributed by atoms with Crippen LogP contribution in [0.1, 0.15) is 20.3 Å². The number of halogens is 2. The van der Waals surface area contributed by atoms with Crippen molar-refractivity contribution < 1.29 is 9.53 Å². The topological polar surface area (TPSA) is 53.6 Å². The van der Waals surface area contributed by atoms with Gasteiger partial charge in [-0.2, -0.15) is 0 Å². The Kier molecular flexibility index (Phi) is 19.1. The van der Waals surface area contributed by atoms with Gasteiger partial charge in [-0.15, -0.1) is 24.8 Å². The van der Waals surface area contributed by atoms with Crippen LogP contribution in [0.2, 0.25) is 0 Å². The third-order valence-corrected chi connectivity index (χ3v) is 2.48. The minimum atomic E-state index is 0. The number of hydrogen-bond donors (Lipinski definition) is 2. The van der Waals surface area contributed by atoms with Crippen LogP contribution in [0.5, 0.6) is 0 Å². The second-order valence-electron chi connectivity index (χ2n) is 5.33. The molecule has 0 fully saturated rings. The normalized spacial score (nSPS) is 11.8. The van der Waals surface area contributed by atoms with Gasteiger partial charge in [-0.25, -0.2) is 0 Å². The molecule has 2 N–H and O–H groups in total. The van der Waals surface area contributed by atoms with Crippen molar-refractivity contribution in [3.05, 3.63) is 0 Å². The van der Waals surface area contributed by atoms with Gasteiger partial charge in [0.1, 0.15) is 0 Å². The first kappa shape index (κ1) is 24.9. The molecule has 0 aliphatic heterocycles. The molecule has 0 aliphatic rings. The van der Waals surface area contributed by atoms with Crippen molar-refractivity contribution in [2.24, 2.45) is 5.92 Å². The number of carbonyl (C=O) groups excluding carboxylic acids is 1. The Morgan fingerprint density at radius 3 is 2.30 bits per heavy atom. The zero-order valence-corrected chi connectivity index (χ0v) is 14.9. The van der Waals surface area contributed by atoms with Gasteiger partial charge in [-0.05, 0) is 26.4 Å². The summed E-state index contributed by atoms with van der Waals surface area (Å²) >= 11 is 0. The van der Waals surface area contributed by atoms with Gasteiger partial charge in [-0.3, -0.25) is 4.79 Å². The number of methoxy groups -OCH3 is 1. The van der Waals surface area contributed by atoms with Crippen LogP contribution in [-0.2, 0) is 9.53 Å². The van der Waals surface area contributed by atoms with Gasteiger partial charge >= 0.3 is 0 Å². The molecule has 7 heteroatoms. The molecule has 0 aromatic carbocycles. The lowest BCUT2D eigenvalue weighted by atomic mass is 10.0. The Balaban J connectivity index is -0.00000144. The Morgan fingerprint density at radius 1 is 1.25 bits per heavy atom. The average Bonchev–Trinajstić information content (AvgIpc) is 2.22. The zero-order chi connectivity index (χ0) is 14.0. The minimum absolute atomic E-state index is 0. The zero-order valence-electron chi connectivity index (χ0n) is 13.3. The average molecular weight is 332 g/mol. The van der Waals surface area contributed by atoms with Crippen LogP contribution < -0.4 is 10.6 Å². The van der Waals surface area contributed by atoms with E-state index in [1.54, 1.807) is 7.11 Å². The number of likely N-dealkylation sites (N-methyl/N-ethyl adjacent to an activating group) is 1. The van der Waals surface area contributed by atoms with Crippen molar-refractivity contribution in [3.63, 3.8) is 0 Å². The largest absolute Gasteiger partial charge is 0.383 e. The van der Waals surface area contributed by atoms with E-state index in [-0.39, 0.29) is 36.8 Å². The van der Waals surface area contributed by atoms with Gasteiger partial charge in [0.05, 0.1) is 13.2 Å². The number of nitrogens with one attached hydrogen (secondary N) is 2. The number of ether oxygens (including phenoxy) is 1. The number of rotatable bonds is 10. The molecular formula is C13H31Cl2N3O2. The molecule has 0 aromatic rings. The maximum Gasteiger partial charge on any atom is 0.234 e. The maximum atomic E-state index is 11.7. The fourth-order valence-corrected chi connectivity index (χ4v) is 1.84. The third-order valence-electron chi connectivity index (χ3n) is 2.48. The van der Waals surface area contributed by atoms with Crippen LogP contribution in [0.15, 0.2) is 0 Å². The maximum absolute atomic E-state index is 11.7. The van der Waals surface area contributed by atoms with Crippen LogP contribution in [-0.4, -0.2) is 64.3 Å². The predicted molar refractivity (Wildman–Crippen MR) is 89.2 cm³/mol. The molecule has 0 radical (unpaired) electrons. The van der Waals surface area contributed by atoms with E-state index in [0.29, 0.717) is 25.6 Å². The van der Waals surface area contributed by atoms with Gasteiger partial charge in [0.2, 0.25) is 5.91 Å². The van der Waals surface area contributed by atoms with E-state index in [9.17, 15) is 4.79 Å². The summed E-state index contributed by atoms with van der Waals surface area (Å²) in [5.41, 5.74) is 0. The van der Waals surface area contributed by atoms with Crippen molar-refractivity contribution >= 4 is 30.7 Å². The highest BCUT2D eigenvalue weighted by Gasteiger charge is 2.14. The molecule has 0 aliphatic carbocycles. The molecule has 20 heavy (non-hydrogen) atoms. The molecule has 124 valence electrons. The monoisotopic (exact) mass is 331 g/mol. The number of hydrogen-bond acceptors (Lipinski definition) is 4. The first-order valence-corrected chi connectivity index (χ1v) is 6.59. The highest BCUT2D eigenvalue weighted by Crippen LogP contribution is 2.05. The molecule has 1 atom stereocenters. The van der Waals surface area contributed by atoms with Crippen LogP contribution in [0.4, 0.5) is 0 Å². The van der Waals surface area contributed by atoms with Crippen LogP contribution in [0.3, 0.4) is 0 Å². The summed E-state index contributed by atoms with van der Waals surface area (Å²) in [6.45, 7) is 6.90. The van der Waals surface area contributed by atoms with Crippen molar-refractivity contribution in [1.82, 2.24) is 15.5 Å². The Morgan fingerprint density at radius 2 is 1.85 bits per heavy atom. The summed E-state index contributed by atoms with van der Waals surface area (Å²) < 4.78 is 4.91. The first-order chi connectivity index (χ1) is 8.45. The van der Waals surface area contributed by atoms with Crippen molar-refractivity contribution in [3.8, 4) is 0 Å².